The molecule has 0 N–H and O–H groups in total. The van der Waals surface area contributed by atoms with Gasteiger partial charge in [-0.1, -0.05) is 12.2 Å². The second kappa shape index (κ2) is 5.30. The molecule has 4 heteroatoms. The van der Waals surface area contributed by atoms with Gasteiger partial charge in [-0.3, -0.25) is 4.79 Å². The van der Waals surface area contributed by atoms with Gasteiger partial charge in [-0.25, -0.2) is 0 Å². The molecular formula is C11H16O2S2. The minimum atomic E-state index is -0.0447. The normalized spacial score (nSPS) is 31.8. The predicted octanol–water partition coefficient (Wildman–Crippen LogP) is 2.55. The molecule has 15 heavy (non-hydrogen) atoms. The van der Waals surface area contributed by atoms with Gasteiger partial charge < -0.3 is 4.74 Å². The summed E-state index contributed by atoms with van der Waals surface area (Å²) in [6.07, 6.45) is 6.49. The maximum Gasteiger partial charge on any atom is 0.309 e. The van der Waals surface area contributed by atoms with Crippen LogP contribution in [0.15, 0.2) is 12.2 Å². The summed E-state index contributed by atoms with van der Waals surface area (Å²) in [6.45, 7) is 0. The molecule has 0 aromatic rings. The van der Waals surface area contributed by atoms with E-state index in [1.807, 2.05) is 23.5 Å². The molecule has 1 fully saturated rings. The maximum absolute atomic E-state index is 11.6. The molecule has 84 valence electrons. The molecule has 1 aliphatic heterocycles. The highest BCUT2D eigenvalue weighted by molar-refractivity contribution is 8.17. The standard InChI is InChI=1S/C11H16O2S2/c1-13-10(12)8-4-2-5-9(8)11-14-6-3-7-15-11/h2,5,8-9,11H,3-4,6-7H2,1H3. The van der Waals surface area contributed by atoms with E-state index in [9.17, 15) is 4.79 Å². The van der Waals surface area contributed by atoms with Crippen molar-refractivity contribution in [2.75, 3.05) is 18.6 Å². The number of esters is 1. The Morgan fingerprint density at radius 1 is 1.40 bits per heavy atom. The number of methoxy groups -OCH3 is 1. The second-order valence-electron chi connectivity index (χ2n) is 3.83. The third kappa shape index (κ3) is 2.53. The van der Waals surface area contributed by atoms with Crippen LogP contribution in [-0.4, -0.2) is 29.2 Å². The number of thioether (sulfide) groups is 2. The molecule has 0 aromatic heterocycles. The minimum absolute atomic E-state index is 0.0447. The monoisotopic (exact) mass is 244 g/mol. The molecule has 0 bridgehead atoms. The maximum atomic E-state index is 11.6. The van der Waals surface area contributed by atoms with Crippen molar-refractivity contribution in [1.82, 2.24) is 0 Å². The quantitative estimate of drug-likeness (QED) is 0.551. The summed E-state index contributed by atoms with van der Waals surface area (Å²) < 4.78 is 5.41. The third-order valence-corrected chi connectivity index (χ3v) is 6.03. The first-order valence-electron chi connectivity index (χ1n) is 5.30. The first kappa shape index (κ1) is 11.4. The molecule has 2 atom stereocenters. The highest BCUT2D eigenvalue weighted by Crippen LogP contribution is 2.43. The summed E-state index contributed by atoms with van der Waals surface area (Å²) in [5.74, 6) is 2.87. The van der Waals surface area contributed by atoms with Crippen LogP contribution in [0.4, 0.5) is 0 Å². The molecule has 0 amide bonds. The molecule has 0 spiro atoms. The van der Waals surface area contributed by atoms with Crippen LogP contribution in [0.3, 0.4) is 0 Å². The molecule has 1 aliphatic carbocycles. The van der Waals surface area contributed by atoms with Crippen LogP contribution in [0.25, 0.3) is 0 Å². The Morgan fingerprint density at radius 3 is 2.80 bits per heavy atom. The van der Waals surface area contributed by atoms with Crippen LogP contribution in [-0.2, 0) is 9.53 Å². The van der Waals surface area contributed by atoms with Crippen molar-refractivity contribution in [3.63, 3.8) is 0 Å². The minimum Gasteiger partial charge on any atom is -0.469 e. The molecule has 0 saturated carbocycles. The molecule has 0 radical (unpaired) electrons. The zero-order chi connectivity index (χ0) is 10.7. The number of carbonyl (C=O) groups excluding carboxylic acids is 1. The lowest BCUT2D eigenvalue weighted by Crippen LogP contribution is -2.28. The lowest BCUT2D eigenvalue weighted by molar-refractivity contribution is -0.146. The van der Waals surface area contributed by atoms with E-state index < -0.39 is 0 Å². The molecule has 2 nitrogen and oxygen atoms in total. The smallest absolute Gasteiger partial charge is 0.309 e. The summed E-state index contributed by atoms with van der Waals surface area (Å²) >= 11 is 3.99. The van der Waals surface area contributed by atoms with Crippen molar-refractivity contribution in [2.24, 2.45) is 11.8 Å². The fraction of sp³-hybridized carbons (Fsp3) is 0.727. The number of ether oxygens (including phenoxy) is 1. The van der Waals surface area contributed by atoms with Crippen LogP contribution in [0, 0.1) is 11.8 Å². The van der Waals surface area contributed by atoms with Crippen molar-refractivity contribution < 1.29 is 9.53 Å². The lowest BCUT2D eigenvalue weighted by Gasteiger charge is -2.28. The second-order valence-corrected chi connectivity index (χ2v) is 6.63. The fourth-order valence-electron chi connectivity index (χ4n) is 2.09. The van der Waals surface area contributed by atoms with Gasteiger partial charge in [-0.05, 0) is 24.3 Å². The van der Waals surface area contributed by atoms with Gasteiger partial charge in [0.25, 0.3) is 0 Å². The summed E-state index contributed by atoms with van der Waals surface area (Å²) in [5, 5.41) is 0. The molecule has 2 aliphatic rings. The Bertz CT molecular complexity index is 259. The van der Waals surface area contributed by atoms with Gasteiger partial charge in [0.1, 0.15) is 0 Å². The lowest BCUT2D eigenvalue weighted by atomic mass is 9.97. The fourth-order valence-corrected chi connectivity index (χ4v) is 5.32. The van der Waals surface area contributed by atoms with Crippen molar-refractivity contribution in [3.8, 4) is 0 Å². The van der Waals surface area contributed by atoms with Gasteiger partial charge in [-0.15, -0.1) is 23.5 Å². The van der Waals surface area contributed by atoms with Crippen molar-refractivity contribution in [1.29, 1.82) is 0 Å². The van der Waals surface area contributed by atoms with Crippen LogP contribution in [0.5, 0.6) is 0 Å². The van der Waals surface area contributed by atoms with Gasteiger partial charge in [0.15, 0.2) is 0 Å². The van der Waals surface area contributed by atoms with Gasteiger partial charge >= 0.3 is 5.97 Å². The molecule has 1 heterocycles. The summed E-state index contributed by atoms with van der Waals surface area (Å²) in [5.41, 5.74) is 0. The summed E-state index contributed by atoms with van der Waals surface area (Å²) in [6, 6.07) is 0. The van der Waals surface area contributed by atoms with E-state index in [0.717, 1.165) is 6.42 Å². The van der Waals surface area contributed by atoms with Gasteiger partial charge in [0.2, 0.25) is 0 Å². The van der Waals surface area contributed by atoms with E-state index in [1.54, 1.807) is 0 Å². The van der Waals surface area contributed by atoms with Crippen molar-refractivity contribution >= 4 is 29.5 Å². The first-order valence-corrected chi connectivity index (χ1v) is 7.40. The topological polar surface area (TPSA) is 26.3 Å². The van der Waals surface area contributed by atoms with Crippen LogP contribution in [0.1, 0.15) is 12.8 Å². The van der Waals surface area contributed by atoms with Gasteiger partial charge in [-0.2, -0.15) is 0 Å². The number of hydrogen-bond donors (Lipinski definition) is 0. The Morgan fingerprint density at radius 2 is 2.13 bits per heavy atom. The Balaban J connectivity index is 1.99. The molecule has 2 rings (SSSR count). The zero-order valence-corrected chi connectivity index (χ0v) is 10.5. The van der Waals surface area contributed by atoms with Crippen LogP contribution in [0.2, 0.25) is 0 Å². The van der Waals surface area contributed by atoms with E-state index in [4.69, 9.17) is 4.74 Å². The zero-order valence-electron chi connectivity index (χ0n) is 8.85. The van der Waals surface area contributed by atoms with E-state index >= 15 is 0 Å². The van der Waals surface area contributed by atoms with Crippen LogP contribution >= 0.6 is 23.5 Å². The van der Waals surface area contributed by atoms with E-state index in [0.29, 0.717) is 10.5 Å². The Kier molecular flexibility index (Phi) is 4.03. The summed E-state index contributed by atoms with van der Waals surface area (Å²) in [4.78, 5) is 11.6. The number of allylic oxidation sites excluding steroid dienone is 2. The van der Waals surface area contributed by atoms with E-state index in [2.05, 4.69) is 12.2 Å². The first-order chi connectivity index (χ1) is 7.33. The Hall–Kier alpha value is -0.0900. The highest BCUT2D eigenvalue weighted by Gasteiger charge is 2.36. The van der Waals surface area contributed by atoms with Gasteiger partial charge in [0.05, 0.1) is 17.6 Å². The predicted molar refractivity (Wildman–Crippen MR) is 66.1 cm³/mol. The Labute approximate surface area is 99.2 Å². The van der Waals surface area contributed by atoms with Crippen LogP contribution < -0.4 is 0 Å². The number of hydrogen-bond acceptors (Lipinski definition) is 4. The largest absolute Gasteiger partial charge is 0.469 e. The molecule has 0 aromatic carbocycles. The molecular weight excluding hydrogens is 228 g/mol. The SMILES string of the molecule is COC(=O)C1CC=CC1C1SCCCS1. The third-order valence-electron chi connectivity index (χ3n) is 2.88. The highest BCUT2D eigenvalue weighted by atomic mass is 32.2. The molecule has 2 unspecified atom stereocenters. The average molecular weight is 244 g/mol. The number of carbonyl (C=O) groups is 1. The van der Waals surface area contributed by atoms with E-state index in [1.165, 1.54) is 25.0 Å². The van der Waals surface area contributed by atoms with Gasteiger partial charge in [0, 0.05) is 5.92 Å². The summed E-state index contributed by atoms with van der Waals surface area (Å²) in [7, 11) is 1.48. The average Bonchev–Trinajstić information content (AvgIpc) is 2.78. The molecule has 1 saturated heterocycles. The van der Waals surface area contributed by atoms with E-state index in [-0.39, 0.29) is 11.9 Å². The number of rotatable bonds is 2. The van der Waals surface area contributed by atoms with Crippen molar-refractivity contribution in [3.05, 3.63) is 12.2 Å². The van der Waals surface area contributed by atoms with Crippen molar-refractivity contribution in [2.45, 2.75) is 17.4 Å².